The Bertz CT molecular complexity index is 1430. The number of nitrogens with zero attached hydrogens (tertiary/aromatic N) is 4. The lowest BCUT2D eigenvalue weighted by Crippen LogP contribution is -2.16. The van der Waals surface area contributed by atoms with Crippen LogP contribution in [0.2, 0.25) is 0 Å². The molecule has 0 bridgehead atoms. The van der Waals surface area contributed by atoms with Crippen molar-refractivity contribution in [3.05, 3.63) is 68.7 Å². The molecule has 0 amide bonds. The van der Waals surface area contributed by atoms with Gasteiger partial charge in [0.1, 0.15) is 16.3 Å². The van der Waals surface area contributed by atoms with Gasteiger partial charge < -0.3 is 4.42 Å². The van der Waals surface area contributed by atoms with E-state index in [1.54, 1.807) is 0 Å². The van der Waals surface area contributed by atoms with E-state index in [1.165, 1.54) is 11.3 Å². The van der Waals surface area contributed by atoms with E-state index in [0.717, 1.165) is 21.0 Å². The van der Waals surface area contributed by atoms with Crippen LogP contribution in [-0.4, -0.2) is 0 Å². The van der Waals surface area contributed by atoms with Crippen LogP contribution in [0.3, 0.4) is 0 Å². The number of nitriles is 2. The van der Waals surface area contributed by atoms with Crippen molar-refractivity contribution < 1.29 is 4.42 Å². The van der Waals surface area contributed by atoms with Crippen molar-refractivity contribution in [3.8, 4) is 12.4 Å². The number of hydrogen-bond donors (Lipinski definition) is 0. The van der Waals surface area contributed by atoms with Gasteiger partial charge in [-0.2, -0.15) is 20.5 Å². The highest BCUT2D eigenvalue weighted by Gasteiger charge is 2.10. The zero-order valence-corrected chi connectivity index (χ0v) is 14.0. The zero-order valence-electron chi connectivity index (χ0n) is 13.1. The molecule has 0 aromatic heterocycles. The van der Waals surface area contributed by atoms with E-state index in [1.807, 2.05) is 61.8 Å². The molecule has 5 nitrogen and oxygen atoms in total. The molecule has 1 heterocycles. The first-order valence-corrected chi connectivity index (χ1v) is 8.29. The second-order valence-corrected chi connectivity index (χ2v) is 6.53. The van der Waals surface area contributed by atoms with Crippen LogP contribution in [0.5, 0.6) is 0 Å². The lowest BCUT2D eigenvalue weighted by Gasteiger charge is -2.04. The Labute approximate surface area is 145 Å². The normalized spacial score (nSPS) is 12.6. The average Bonchev–Trinajstić information content (AvgIpc) is 2.63. The molecule has 25 heavy (non-hydrogen) atoms. The SMILES string of the molecule is Cc1ccc2oc3c(=NC#N)c4ccccc4c(=NC#N)c=3sc2c1. The fourth-order valence-electron chi connectivity index (χ4n) is 2.87. The Balaban J connectivity index is 2.47. The van der Waals surface area contributed by atoms with Crippen LogP contribution in [0.4, 0.5) is 0 Å². The average molecular weight is 342 g/mol. The van der Waals surface area contributed by atoms with Crippen molar-refractivity contribution >= 4 is 32.4 Å². The Morgan fingerprint density at radius 3 is 2.36 bits per heavy atom. The maximum Gasteiger partial charge on any atom is 0.206 e. The lowest BCUT2D eigenvalue weighted by molar-refractivity contribution is 0.564. The van der Waals surface area contributed by atoms with Crippen molar-refractivity contribution in [3.63, 3.8) is 0 Å². The van der Waals surface area contributed by atoms with E-state index in [2.05, 4.69) is 9.98 Å². The molecule has 0 fully saturated rings. The minimum absolute atomic E-state index is 0.462. The number of hydrogen-bond acceptors (Lipinski definition) is 6. The highest BCUT2D eigenvalue weighted by Crippen LogP contribution is 2.22. The van der Waals surface area contributed by atoms with Gasteiger partial charge in [0.15, 0.2) is 5.42 Å². The molecule has 0 atom stereocenters. The summed E-state index contributed by atoms with van der Waals surface area (Å²) < 4.78 is 7.72. The first-order valence-electron chi connectivity index (χ1n) is 7.47. The van der Waals surface area contributed by atoms with Gasteiger partial charge in [-0.3, -0.25) is 0 Å². The van der Waals surface area contributed by atoms with Gasteiger partial charge in [-0.25, -0.2) is 0 Å². The minimum atomic E-state index is 0.462. The van der Waals surface area contributed by atoms with Gasteiger partial charge >= 0.3 is 0 Å². The summed E-state index contributed by atoms with van der Waals surface area (Å²) in [7, 11) is 0. The molecule has 1 aliphatic heterocycles. The van der Waals surface area contributed by atoms with Crippen molar-refractivity contribution in [1.29, 1.82) is 10.5 Å². The summed E-state index contributed by atoms with van der Waals surface area (Å²) in [6.07, 6.45) is 3.72. The lowest BCUT2D eigenvalue weighted by atomic mass is 10.1. The molecule has 118 valence electrons. The molecule has 4 rings (SSSR count). The van der Waals surface area contributed by atoms with E-state index in [4.69, 9.17) is 14.9 Å². The van der Waals surface area contributed by atoms with Crippen LogP contribution in [0.15, 0.2) is 56.9 Å². The van der Waals surface area contributed by atoms with Gasteiger partial charge in [-0.05, 0) is 24.6 Å². The summed E-state index contributed by atoms with van der Waals surface area (Å²) in [4.78, 5) is 8.01. The fourth-order valence-corrected chi connectivity index (χ4v) is 4.02. The molecule has 0 radical (unpaired) electrons. The third kappa shape index (κ3) is 2.37. The predicted molar refractivity (Wildman–Crippen MR) is 94.0 cm³/mol. The molecule has 0 unspecified atom stereocenters. The van der Waals surface area contributed by atoms with Gasteiger partial charge in [-0.1, -0.05) is 30.3 Å². The van der Waals surface area contributed by atoms with Crippen LogP contribution >= 0.6 is 11.3 Å². The maximum absolute atomic E-state index is 9.15. The number of aryl methyl sites for hydroxylation is 1. The highest BCUT2D eigenvalue weighted by molar-refractivity contribution is 7.16. The summed E-state index contributed by atoms with van der Waals surface area (Å²) in [5.74, 6) is 0. The fraction of sp³-hybridized carbons (Fsp3) is 0.0526. The molecule has 0 saturated carbocycles. The standard InChI is InChI=1S/C19H10N4OS/c1-11-6-7-14-15(8-11)25-19-17(23-10-21)13-5-3-2-4-12(13)16(22-9-20)18(19)24-14/h2-8H,1H3. The van der Waals surface area contributed by atoms with Gasteiger partial charge in [0.2, 0.25) is 12.4 Å². The highest BCUT2D eigenvalue weighted by atomic mass is 32.1. The molecule has 1 aliphatic carbocycles. The van der Waals surface area contributed by atoms with Crippen LogP contribution < -0.4 is 10.7 Å². The third-order valence-electron chi connectivity index (χ3n) is 3.92. The van der Waals surface area contributed by atoms with Crippen LogP contribution in [0.25, 0.3) is 21.1 Å². The van der Waals surface area contributed by atoms with E-state index < -0.39 is 0 Å². The van der Waals surface area contributed by atoms with Crippen LogP contribution in [-0.2, 0) is 0 Å². The maximum atomic E-state index is 9.15. The quantitative estimate of drug-likeness (QED) is 0.459. The monoisotopic (exact) mass is 342 g/mol. The molecule has 0 N–H and O–H groups in total. The van der Waals surface area contributed by atoms with Crippen LogP contribution in [0.1, 0.15) is 5.56 Å². The summed E-state index contributed by atoms with van der Waals surface area (Å²) in [5, 5.41) is 20.8. The van der Waals surface area contributed by atoms with Crippen molar-refractivity contribution in [1.82, 2.24) is 0 Å². The first kappa shape index (κ1) is 15.1. The molecule has 2 aromatic rings. The molecule has 0 spiro atoms. The van der Waals surface area contributed by atoms with Crippen LogP contribution in [0, 0.1) is 39.8 Å². The van der Waals surface area contributed by atoms with Crippen molar-refractivity contribution in [2.45, 2.75) is 6.92 Å². The summed E-state index contributed by atoms with van der Waals surface area (Å²) in [6, 6.07) is 13.3. The smallest absolute Gasteiger partial charge is 0.206 e. The van der Waals surface area contributed by atoms with Gasteiger partial charge in [0, 0.05) is 10.8 Å². The Hall–Kier alpha value is -3.48. The zero-order chi connectivity index (χ0) is 17.4. The third-order valence-corrected chi connectivity index (χ3v) is 5.04. The Kier molecular flexibility index (Phi) is 3.53. The molecular weight excluding hydrogens is 332 g/mol. The molecule has 2 aliphatic rings. The Morgan fingerprint density at radius 1 is 0.960 bits per heavy atom. The largest absolute Gasteiger partial charge is 0.452 e. The second kappa shape index (κ2) is 5.86. The molecule has 0 saturated heterocycles. The van der Waals surface area contributed by atoms with Gasteiger partial charge in [0.25, 0.3) is 0 Å². The number of fused-ring (bicyclic) bond motifs is 2. The molecule has 2 aromatic carbocycles. The Morgan fingerprint density at radius 2 is 1.64 bits per heavy atom. The number of benzene rings is 2. The predicted octanol–water partition coefficient (Wildman–Crippen LogP) is 3.44. The van der Waals surface area contributed by atoms with Crippen molar-refractivity contribution in [2.75, 3.05) is 0 Å². The summed E-state index contributed by atoms with van der Waals surface area (Å²) in [6.45, 7) is 2.01. The first-order chi connectivity index (χ1) is 12.2. The minimum Gasteiger partial charge on any atom is -0.452 e. The molecular formula is C19H10N4OS. The molecule has 6 heteroatoms. The van der Waals surface area contributed by atoms with E-state index in [9.17, 15) is 0 Å². The second-order valence-electron chi connectivity index (χ2n) is 5.48. The topological polar surface area (TPSA) is 85.4 Å². The van der Waals surface area contributed by atoms with Gasteiger partial charge in [0.05, 0.1) is 9.23 Å². The van der Waals surface area contributed by atoms with E-state index in [0.29, 0.717) is 26.2 Å². The summed E-state index contributed by atoms with van der Waals surface area (Å²) in [5.41, 5.74) is 2.28. The van der Waals surface area contributed by atoms with E-state index >= 15 is 0 Å². The van der Waals surface area contributed by atoms with E-state index in [-0.39, 0.29) is 0 Å². The summed E-state index contributed by atoms with van der Waals surface area (Å²) >= 11 is 1.48. The van der Waals surface area contributed by atoms with Crippen molar-refractivity contribution in [2.24, 2.45) is 9.98 Å². The van der Waals surface area contributed by atoms with Gasteiger partial charge in [-0.15, -0.1) is 11.3 Å². The number of rotatable bonds is 0.